The Morgan fingerprint density at radius 2 is 2.00 bits per heavy atom. The molecule has 0 radical (unpaired) electrons. The molecule has 0 heterocycles. The minimum Gasteiger partial charge on any atom is -0.496 e. The number of Topliss-reactive ketones (excluding diaryl/α,β-unsaturated/α-hetero) is 1. The van der Waals surface area contributed by atoms with E-state index in [4.69, 9.17) is 9.47 Å². The van der Waals surface area contributed by atoms with Crippen LogP contribution in [0, 0.1) is 23.7 Å². The zero-order valence-electron chi connectivity index (χ0n) is 14.1. The second kappa shape index (κ2) is 6.52. The van der Waals surface area contributed by atoms with Gasteiger partial charge in [-0.2, -0.15) is 0 Å². The third-order valence-corrected chi connectivity index (χ3v) is 4.66. The lowest BCUT2D eigenvalue weighted by Gasteiger charge is -2.25. The molecule has 124 valence electrons. The maximum absolute atomic E-state index is 12.9. The van der Waals surface area contributed by atoms with Gasteiger partial charge in [-0.05, 0) is 44.4 Å². The SMILES string of the molecule is CC#Cc1ccc(C2=C(OC(C)=O)C3CCC(C3)C2=O)c(OC)c1. The lowest BCUT2D eigenvalue weighted by Crippen LogP contribution is -2.23. The van der Waals surface area contributed by atoms with E-state index in [2.05, 4.69) is 11.8 Å². The number of carbonyl (C=O) groups excluding carboxylic acids is 2. The molecule has 2 atom stereocenters. The zero-order valence-corrected chi connectivity index (χ0v) is 14.1. The highest BCUT2D eigenvalue weighted by Gasteiger charge is 2.43. The summed E-state index contributed by atoms with van der Waals surface area (Å²) in [5.74, 6) is 6.71. The molecule has 0 saturated heterocycles. The largest absolute Gasteiger partial charge is 0.496 e. The summed E-state index contributed by atoms with van der Waals surface area (Å²) in [4.78, 5) is 24.5. The van der Waals surface area contributed by atoms with E-state index in [1.807, 2.05) is 18.2 Å². The second-order valence-electron chi connectivity index (χ2n) is 6.19. The number of allylic oxidation sites excluding steroid dienone is 2. The number of ketones is 1. The van der Waals surface area contributed by atoms with Crippen LogP contribution in [-0.2, 0) is 14.3 Å². The molecule has 1 saturated carbocycles. The maximum atomic E-state index is 12.9. The van der Waals surface area contributed by atoms with Crippen LogP contribution < -0.4 is 4.74 Å². The molecule has 0 spiro atoms. The van der Waals surface area contributed by atoms with Gasteiger partial charge in [-0.3, -0.25) is 9.59 Å². The van der Waals surface area contributed by atoms with E-state index >= 15 is 0 Å². The van der Waals surface area contributed by atoms with E-state index in [0.29, 0.717) is 22.6 Å². The van der Waals surface area contributed by atoms with Crippen LogP contribution in [0.15, 0.2) is 24.0 Å². The van der Waals surface area contributed by atoms with E-state index in [1.54, 1.807) is 14.0 Å². The summed E-state index contributed by atoms with van der Waals surface area (Å²) in [6, 6.07) is 5.50. The molecule has 2 aliphatic rings. The Labute approximate surface area is 141 Å². The van der Waals surface area contributed by atoms with Gasteiger partial charge in [-0.1, -0.05) is 5.92 Å². The summed E-state index contributed by atoms with van der Waals surface area (Å²) in [5.41, 5.74) is 1.99. The first-order chi connectivity index (χ1) is 11.5. The third-order valence-electron chi connectivity index (χ3n) is 4.66. The summed E-state index contributed by atoms with van der Waals surface area (Å²) in [7, 11) is 1.57. The monoisotopic (exact) mass is 324 g/mol. The van der Waals surface area contributed by atoms with Gasteiger partial charge in [-0.25, -0.2) is 0 Å². The van der Waals surface area contributed by atoms with Gasteiger partial charge in [0.05, 0.1) is 12.7 Å². The summed E-state index contributed by atoms with van der Waals surface area (Å²) in [6.07, 6.45) is 2.50. The maximum Gasteiger partial charge on any atom is 0.307 e. The van der Waals surface area contributed by atoms with Crippen molar-refractivity contribution in [3.05, 3.63) is 35.1 Å². The average Bonchev–Trinajstić information content (AvgIpc) is 3.00. The van der Waals surface area contributed by atoms with E-state index < -0.39 is 5.97 Å². The highest BCUT2D eigenvalue weighted by atomic mass is 16.5. The first-order valence-electron chi connectivity index (χ1n) is 8.13. The minimum absolute atomic E-state index is 0.0177. The molecule has 0 aliphatic heterocycles. The lowest BCUT2D eigenvalue weighted by atomic mass is 9.83. The third kappa shape index (κ3) is 2.82. The molecule has 2 aliphatic carbocycles. The molecule has 0 N–H and O–H groups in total. The first-order valence-corrected chi connectivity index (χ1v) is 8.13. The first kappa shape index (κ1) is 16.3. The predicted octanol–water partition coefficient (Wildman–Crippen LogP) is 3.34. The van der Waals surface area contributed by atoms with Gasteiger partial charge in [-0.15, -0.1) is 5.92 Å². The molecule has 0 aromatic heterocycles. The standard InChI is InChI=1S/C20H20O4/c1-4-5-13-6-9-16(17(10-13)23-3)18-19(22)14-7-8-15(11-14)20(18)24-12(2)21/h6,9-10,14-15H,7-8,11H2,1-3H3. The van der Waals surface area contributed by atoms with Crippen molar-refractivity contribution in [2.24, 2.45) is 11.8 Å². The quantitative estimate of drug-likeness (QED) is 0.632. The Balaban J connectivity index is 2.17. The van der Waals surface area contributed by atoms with E-state index in [-0.39, 0.29) is 17.6 Å². The van der Waals surface area contributed by atoms with Gasteiger partial charge in [0.25, 0.3) is 0 Å². The topological polar surface area (TPSA) is 52.6 Å². The number of rotatable bonds is 3. The van der Waals surface area contributed by atoms with E-state index in [9.17, 15) is 9.59 Å². The Morgan fingerprint density at radius 3 is 2.67 bits per heavy atom. The average molecular weight is 324 g/mol. The fraction of sp³-hybridized carbons (Fsp3) is 0.400. The van der Waals surface area contributed by atoms with Crippen molar-refractivity contribution in [3.63, 3.8) is 0 Å². The normalized spacial score (nSPS) is 22.0. The molecule has 1 aromatic rings. The van der Waals surface area contributed by atoms with E-state index in [1.165, 1.54) is 6.92 Å². The van der Waals surface area contributed by atoms with Gasteiger partial charge in [0.2, 0.25) is 0 Å². The fourth-order valence-electron chi connectivity index (χ4n) is 3.66. The highest BCUT2D eigenvalue weighted by Crippen LogP contribution is 2.48. The van der Waals surface area contributed by atoms with Crippen LogP contribution in [0.25, 0.3) is 5.57 Å². The number of benzene rings is 1. The van der Waals surface area contributed by atoms with Gasteiger partial charge in [0.15, 0.2) is 5.78 Å². The van der Waals surface area contributed by atoms with Crippen molar-refractivity contribution in [1.29, 1.82) is 0 Å². The smallest absolute Gasteiger partial charge is 0.307 e. The number of hydrogen-bond acceptors (Lipinski definition) is 4. The molecule has 1 aromatic carbocycles. The predicted molar refractivity (Wildman–Crippen MR) is 90.1 cm³/mol. The van der Waals surface area contributed by atoms with Crippen molar-refractivity contribution >= 4 is 17.3 Å². The summed E-state index contributed by atoms with van der Waals surface area (Å²) < 4.78 is 11.0. The van der Waals surface area contributed by atoms with Crippen LogP contribution in [0.2, 0.25) is 0 Å². The van der Waals surface area contributed by atoms with Crippen molar-refractivity contribution < 1.29 is 19.1 Å². The molecule has 24 heavy (non-hydrogen) atoms. The fourth-order valence-corrected chi connectivity index (χ4v) is 3.66. The second-order valence-corrected chi connectivity index (χ2v) is 6.19. The summed E-state index contributed by atoms with van der Waals surface area (Å²) >= 11 is 0. The molecule has 4 heteroatoms. The molecule has 4 nitrogen and oxygen atoms in total. The van der Waals surface area contributed by atoms with Gasteiger partial charge in [0, 0.05) is 29.9 Å². The molecular formula is C20H20O4. The number of ether oxygens (including phenoxy) is 2. The number of carbonyl (C=O) groups is 2. The highest BCUT2D eigenvalue weighted by molar-refractivity contribution is 6.24. The number of fused-ring (bicyclic) bond motifs is 2. The van der Waals surface area contributed by atoms with Crippen molar-refractivity contribution in [2.75, 3.05) is 7.11 Å². The van der Waals surface area contributed by atoms with Crippen molar-refractivity contribution in [3.8, 4) is 17.6 Å². The lowest BCUT2D eigenvalue weighted by molar-refractivity contribution is -0.137. The summed E-state index contributed by atoms with van der Waals surface area (Å²) in [5, 5.41) is 0. The van der Waals surface area contributed by atoms with E-state index in [0.717, 1.165) is 24.8 Å². The number of esters is 1. The Bertz CT molecular complexity index is 792. The van der Waals surface area contributed by atoms with Crippen molar-refractivity contribution in [1.82, 2.24) is 0 Å². The molecular weight excluding hydrogens is 304 g/mol. The number of hydrogen-bond donors (Lipinski definition) is 0. The van der Waals surface area contributed by atoms with Crippen LogP contribution in [0.5, 0.6) is 5.75 Å². The summed E-state index contributed by atoms with van der Waals surface area (Å²) in [6.45, 7) is 3.14. The molecule has 2 unspecified atom stereocenters. The zero-order chi connectivity index (χ0) is 17.3. The minimum atomic E-state index is -0.395. The molecule has 3 rings (SSSR count). The Morgan fingerprint density at radius 1 is 1.25 bits per heavy atom. The van der Waals surface area contributed by atoms with Crippen LogP contribution in [0.3, 0.4) is 0 Å². The Kier molecular flexibility index (Phi) is 4.44. The van der Waals surface area contributed by atoms with Gasteiger partial charge >= 0.3 is 5.97 Å². The van der Waals surface area contributed by atoms with Crippen molar-refractivity contribution in [2.45, 2.75) is 33.1 Å². The Hall–Kier alpha value is -2.54. The van der Waals surface area contributed by atoms with Crippen LogP contribution in [-0.4, -0.2) is 18.9 Å². The van der Waals surface area contributed by atoms with Crippen LogP contribution in [0.4, 0.5) is 0 Å². The van der Waals surface area contributed by atoms with Gasteiger partial charge in [0.1, 0.15) is 11.5 Å². The van der Waals surface area contributed by atoms with Crippen LogP contribution >= 0.6 is 0 Å². The van der Waals surface area contributed by atoms with Gasteiger partial charge < -0.3 is 9.47 Å². The molecule has 2 bridgehead atoms. The molecule has 1 fully saturated rings. The van der Waals surface area contributed by atoms with Crippen LogP contribution in [0.1, 0.15) is 44.2 Å². The number of methoxy groups -OCH3 is 1. The molecule has 0 amide bonds.